The van der Waals surface area contributed by atoms with Crippen LogP contribution in [0, 0.1) is 5.92 Å². The fourth-order valence-electron chi connectivity index (χ4n) is 3.12. The molecule has 6 heteroatoms. The van der Waals surface area contributed by atoms with Gasteiger partial charge >= 0.3 is 0 Å². The van der Waals surface area contributed by atoms with Crippen molar-refractivity contribution in [1.29, 1.82) is 0 Å². The van der Waals surface area contributed by atoms with Crippen molar-refractivity contribution in [3.05, 3.63) is 11.7 Å². The predicted octanol–water partition coefficient (Wildman–Crippen LogP) is 1.50. The van der Waals surface area contributed by atoms with E-state index >= 15 is 0 Å². The summed E-state index contributed by atoms with van der Waals surface area (Å²) in [6, 6.07) is 0.150. The maximum atomic E-state index is 9.95. The van der Waals surface area contributed by atoms with Gasteiger partial charge in [0.2, 0.25) is 5.89 Å². The molecule has 120 valence electrons. The molecule has 1 aromatic rings. The largest absolute Gasteiger partial charge is 0.393 e. The van der Waals surface area contributed by atoms with E-state index in [2.05, 4.69) is 47.9 Å². The number of hydrogen-bond donors (Lipinski definition) is 1. The van der Waals surface area contributed by atoms with Crippen LogP contribution in [0.1, 0.15) is 50.9 Å². The second kappa shape index (κ2) is 6.85. The van der Waals surface area contributed by atoms with E-state index in [1.54, 1.807) is 6.92 Å². The molecule has 21 heavy (non-hydrogen) atoms. The smallest absolute Gasteiger partial charge is 0.232 e. The van der Waals surface area contributed by atoms with Gasteiger partial charge in [-0.05, 0) is 46.4 Å². The zero-order valence-electron chi connectivity index (χ0n) is 13.8. The molecule has 0 saturated carbocycles. The van der Waals surface area contributed by atoms with E-state index in [-0.39, 0.29) is 17.9 Å². The molecule has 3 atom stereocenters. The Labute approximate surface area is 127 Å². The van der Waals surface area contributed by atoms with Crippen LogP contribution in [0.15, 0.2) is 4.52 Å². The normalized spacial score (nSPS) is 25.0. The Morgan fingerprint density at radius 2 is 1.95 bits per heavy atom. The highest BCUT2D eigenvalue weighted by Gasteiger charge is 2.31. The third kappa shape index (κ3) is 3.81. The minimum absolute atomic E-state index is 0.111. The summed E-state index contributed by atoms with van der Waals surface area (Å²) in [5, 5.41) is 14.1. The van der Waals surface area contributed by atoms with Crippen molar-refractivity contribution in [2.45, 2.75) is 45.3 Å². The summed E-state index contributed by atoms with van der Waals surface area (Å²) in [4.78, 5) is 9.18. The van der Waals surface area contributed by atoms with Crippen molar-refractivity contribution >= 4 is 0 Å². The number of aliphatic hydroxyl groups is 1. The van der Waals surface area contributed by atoms with Crippen LogP contribution in [0.3, 0.4) is 0 Å². The van der Waals surface area contributed by atoms with Gasteiger partial charge < -0.3 is 14.5 Å². The summed E-state index contributed by atoms with van der Waals surface area (Å²) in [6.07, 6.45) is 0.657. The van der Waals surface area contributed by atoms with Crippen molar-refractivity contribution < 1.29 is 9.63 Å². The van der Waals surface area contributed by atoms with Gasteiger partial charge in [-0.25, -0.2) is 0 Å². The first-order valence-electron chi connectivity index (χ1n) is 7.80. The minimum atomic E-state index is -0.493. The van der Waals surface area contributed by atoms with Crippen molar-refractivity contribution in [2.75, 3.05) is 33.7 Å². The van der Waals surface area contributed by atoms with Crippen LogP contribution in [0.5, 0.6) is 0 Å². The van der Waals surface area contributed by atoms with Gasteiger partial charge in [0.25, 0.3) is 0 Å². The number of rotatable bonds is 4. The lowest BCUT2D eigenvalue weighted by Gasteiger charge is -2.24. The van der Waals surface area contributed by atoms with E-state index in [4.69, 9.17) is 4.52 Å². The average Bonchev–Trinajstić information content (AvgIpc) is 2.77. The van der Waals surface area contributed by atoms with Crippen LogP contribution in [0.4, 0.5) is 0 Å². The van der Waals surface area contributed by atoms with Crippen LogP contribution in [0.2, 0.25) is 0 Å². The Hall–Kier alpha value is -0.980. The van der Waals surface area contributed by atoms with Gasteiger partial charge in [0.1, 0.15) is 0 Å². The Bertz CT molecular complexity index is 439. The number of nitrogens with zero attached hydrogens (tertiary/aromatic N) is 4. The molecule has 1 saturated heterocycles. The first-order valence-corrected chi connectivity index (χ1v) is 7.80. The van der Waals surface area contributed by atoms with Crippen molar-refractivity contribution in [2.24, 2.45) is 5.92 Å². The highest BCUT2D eigenvalue weighted by atomic mass is 16.5. The zero-order valence-corrected chi connectivity index (χ0v) is 13.8. The molecule has 0 aliphatic carbocycles. The summed E-state index contributed by atoms with van der Waals surface area (Å²) in [6.45, 7) is 8.92. The molecule has 0 amide bonds. The summed E-state index contributed by atoms with van der Waals surface area (Å²) in [5.41, 5.74) is 0. The van der Waals surface area contributed by atoms with Crippen LogP contribution in [0.25, 0.3) is 0 Å². The molecule has 1 aromatic heterocycles. The van der Waals surface area contributed by atoms with Crippen LogP contribution in [-0.2, 0) is 0 Å². The van der Waals surface area contributed by atoms with Crippen molar-refractivity contribution in [1.82, 2.24) is 19.9 Å². The highest BCUT2D eigenvalue weighted by Crippen LogP contribution is 2.29. The van der Waals surface area contributed by atoms with Crippen LogP contribution in [-0.4, -0.2) is 64.9 Å². The fraction of sp³-hybridized carbons (Fsp3) is 0.867. The van der Waals surface area contributed by atoms with Gasteiger partial charge in [0, 0.05) is 6.54 Å². The number of likely N-dealkylation sites (N-methyl/N-ethyl adjacent to an activating group) is 2. The molecule has 0 bridgehead atoms. The zero-order chi connectivity index (χ0) is 15.6. The molecular weight excluding hydrogens is 268 g/mol. The average molecular weight is 296 g/mol. The standard InChI is InChI=1S/C15H28N4O2/c1-10(2)13(11(3)20)15-16-14(17-21-15)12-9-18(4)7-6-8-19(12)5/h10-13,20H,6-9H2,1-5H3. The van der Waals surface area contributed by atoms with E-state index < -0.39 is 6.10 Å². The summed E-state index contributed by atoms with van der Waals surface area (Å²) < 4.78 is 5.46. The third-order valence-corrected chi connectivity index (χ3v) is 4.35. The van der Waals surface area contributed by atoms with Crippen molar-refractivity contribution in [3.8, 4) is 0 Å². The topological polar surface area (TPSA) is 65.6 Å². The number of aromatic nitrogens is 2. The second-order valence-electron chi connectivity index (χ2n) is 6.61. The lowest BCUT2D eigenvalue weighted by molar-refractivity contribution is 0.120. The molecule has 1 fully saturated rings. The van der Waals surface area contributed by atoms with Gasteiger partial charge in [-0.15, -0.1) is 0 Å². The summed E-state index contributed by atoms with van der Waals surface area (Å²) >= 11 is 0. The Morgan fingerprint density at radius 1 is 1.24 bits per heavy atom. The second-order valence-corrected chi connectivity index (χ2v) is 6.61. The SMILES string of the molecule is CC(C)C(c1nc(C2CN(C)CCCN2C)no1)C(C)O. The first kappa shape index (κ1) is 16.4. The Kier molecular flexibility index (Phi) is 5.35. The van der Waals surface area contributed by atoms with Gasteiger partial charge in [-0.3, -0.25) is 4.90 Å². The maximum Gasteiger partial charge on any atom is 0.232 e. The van der Waals surface area contributed by atoms with Crippen molar-refractivity contribution in [3.63, 3.8) is 0 Å². The molecule has 0 radical (unpaired) electrons. The minimum Gasteiger partial charge on any atom is -0.393 e. The number of aliphatic hydroxyl groups excluding tert-OH is 1. The fourth-order valence-corrected chi connectivity index (χ4v) is 3.12. The van der Waals surface area contributed by atoms with Crippen LogP contribution < -0.4 is 0 Å². The van der Waals surface area contributed by atoms with E-state index in [0.717, 1.165) is 31.9 Å². The van der Waals surface area contributed by atoms with Gasteiger partial charge in [0.15, 0.2) is 5.82 Å². The maximum absolute atomic E-state index is 9.95. The van der Waals surface area contributed by atoms with Gasteiger partial charge in [0.05, 0.1) is 18.1 Å². The molecular formula is C15H28N4O2. The summed E-state index contributed by atoms with van der Waals surface area (Å²) in [5.74, 6) is 1.43. The van der Waals surface area contributed by atoms with E-state index in [1.165, 1.54) is 0 Å². The monoisotopic (exact) mass is 296 g/mol. The molecule has 0 spiro atoms. The molecule has 0 aromatic carbocycles. The molecule has 1 aliphatic rings. The Balaban J connectivity index is 2.21. The molecule has 3 unspecified atom stereocenters. The van der Waals surface area contributed by atoms with Gasteiger partial charge in [-0.2, -0.15) is 4.98 Å². The molecule has 1 N–H and O–H groups in total. The third-order valence-electron chi connectivity index (χ3n) is 4.35. The molecule has 1 aliphatic heterocycles. The molecule has 2 heterocycles. The lowest BCUT2D eigenvalue weighted by atomic mass is 9.91. The van der Waals surface area contributed by atoms with E-state index in [1.807, 2.05) is 0 Å². The quantitative estimate of drug-likeness (QED) is 0.908. The van der Waals surface area contributed by atoms with Gasteiger partial charge in [-0.1, -0.05) is 19.0 Å². The van der Waals surface area contributed by atoms with Crippen LogP contribution >= 0.6 is 0 Å². The summed E-state index contributed by atoms with van der Waals surface area (Å²) in [7, 11) is 4.23. The van der Waals surface area contributed by atoms with E-state index in [0.29, 0.717) is 5.89 Å². The molecule has 6 nitrogen and oxygen atoms in total. The predicted molar refractivity (Wildman–Crippen MR) is 81.0 cm³/mol. The number of hydrogen-bond acceptors (Lipinski definition) is 6. The molecule has 2 rings (SSSR count). The Morgan fingerprint density at radius 3 is 2.57 bits per heavy atom. The lowest BCUT2D eigenvalue weighted by Crippen LogP contribution is -2.31. The highest BCUT2D eigenvalue weighted by molar-refractivity contribution is 5.02. The first-order chi connectivity index (χ1) is 9.90. The van der Waals surface area contributed by atoms with E-state index in [9.17, 15) is 5.11 Å².